The highest BCUT2D eigenvalue weighted by atomic mass is 32.2. The number of anilines is 1. The van der Waals surface area contributed by atoms with Gasteiger partial charge in [0.25, 0.3) is 5.91 Å². The molecule has 2 saturated heterocycles. The molecule has 11 heteroatoms. The van der Waals surface area contributed by atoms with Crippen LogP contribution >= 0.6 is 11.8 Å². The van der Waals surface area contributed by atoms with Crippen molar-refractivity contribution in [3.63, 3.8) is 0 Å². The van der Waals surface area contributed by atoms with E-state index in [4.69, 9.17) is 9.57 Å². The molecule has 2 heterocycles. The highest BCUT2D eigenvalue weighted by Crippen LogP contribution is 2.61. The Kier molecular flexibility index (Phi) is 11.9. The fourth-order valence-electron chi connectivity index (χ4n) is 9.53. The van der Waals surface area contributed by atoms with Crippen LogP contribution in [-0.2, 0) is 16.2 Å². The molecule has 10 nitrogen and oxygen atoms in total. The highest BCUT2D eigenvalue weighted by Gasteiger charge is 2.57. The number of amides is 2. The van der Waals surface area contributed by atoms with Gasteiger partial charge in [-0.2, -0.15) is 16.8 Å². The van der Waals surface area contributed by atoms with Gasteiger partial charge in [0.15, 0.2) is 0 Å². The summed E-state index contributed by atoms with van der Waals surface area (Å²) < 4.78 is 6.07. The Labute approximate surface area is 314 Å². The van der Waals surface area contributed by atoms with Crippen LogP contribution < -0.4 is 20.3 Å². The van der Waals surface area contributed by atoms with Gasteiger partial charge in [-0.25, -0.2) is 0 Å². The number of aliphatic hydroxyl groups excluding tert-OH is 2. The first-order valence-electron chi connectivity index (χ1n) is 19.2. The summed E-state index contributed by atoms with van der Waals surface area (Å²) in [5, 5.41) is 30.7. The number of fused-ring (bicyclic) bond motifs is 2. The molecule has 7 rings (SSSR count). The van der Waals surface area contributed by atoms with E-state index in [1.54, 1.807) is 19.1 Å². The molecule has 5 fully saturated rings. The Morgan fingerprint density at radius 2 is 1.92 bits per heavy atom. The maximum atomic E-state index is 14.2. The molecule has 0 aromatic heterocycles. The molecular formula is C41H60N4O6S. The number of nitrogens with one attached hydrogen (secondary N) is 2. The number of rotatable bonds is 13. The van der Waals surface area contributed by atoms with Crippen molar-refractivity contribution < 1.29 is 29.4 Å². The van der Waals surface area contributed by atoms with Gasteiger partial charge in [0.2, 0.25) is 5.91 Å². The second kappa shape index (κ2) is 15.9. The van der Waals surface area contributed by atoms with Gasteiger partial charge in [-0.05, 0) is 86.0 Å². The Morgan fingerprint density at radius 1 is 1.15 bits per heavy atom. The topological polar surface area (TPSA) is 124 Å². The summed E-state index contributed by atoms with van der Waals surface area (Å²) in [5.74, 6) is 1.16. The fourth-order valence-corrected chi connectivity index (χ4v) is 11.0. The van der Waals surface area contributed by atoms with E-state index in [1.807, 2.05) is 67.2 Å². The lowest BCUT2D eigenvalue weighted by atomic mass is 9.45. The average molecular weight is 737 g/mol. The van der Waals surface area contributed by atoms with Crippen molar-refractivity contribution >= 4 is 29.3 Å². The van der Waals surface area contributed by atoms with Gasteiger partial charge in [0, 0.05) is 65.5 Å². The standard InChI is InChI=1S/C41H60N4O6S/c1-23-12-13-31(52-23)14-15-42-39(48)28-16-27(17-30(18-28)44(6)7)32-11-9-10-26(38(32)50-8)21-45-37(36(25(3)47)35(22-46)51-45)40(49)43-34-20-29-19-33(24(34)2)41(29,4)5/h9-11,16-18,23-25,29,31,33-37,46-47H,12-15,19-22H2,1-8H3,(H,42,48)(H,43,49)/t23?,24-,25-,29+,31?,33-,34-,35-,36-,37-/m0/s1. The summed E-state index contributed by atoms with van der Waals surface area (Å²) in [7, 11) is 5.53. The van der Waals surface area contributed by atoms with E-state index >= 15 is 0 Å². The van der Waals surface area contributed by atoms with Crippen molar-refractivity contribution in [1.82, 2.24) is 15.7 Å². The number of benzene rings is 2. The van der Waals surface area contributed by atoms with Crippen molar-refractivity contribution in [1.29, 1.82) is 0 Å². The van der Waals surface area contributed by atoms with Gasteiger partial charge in [-0.1, -0.05) is 45.9 Å². The lowest BCUT2D eigenvalue weighted by Crippen LogP contribution is -2.62. The zero-order chi connectivity index (χ0) is 37.5. The second-order valence-corrected chi connectivity index (χ2v) is 18.3. The molecule has 52 heavy (non-hydrogen) atoms. The number of hydroxylamine groups is 2. The van der Waals surface area contributed by atoms with Crippen LogP contribution in [0, 0.1) is 29.1 Å². The molecule has 3 aliphatic carbocycles. The minimum atomic E-state index is -0.888. The fraction of sp³-hybridized carbons (Fsp3) is 0.659. The van der Waals surface area contributed by atoms with Gasteiger partial charge < -0.3 is 30.5 Å². The van der Waals surface area contributed by atoms with E-state index in [0.717, 1.165) is 35.2 Å². The van der Waals surface area contributed by atoms with Gasteiger partial charge >= 0.3 is 0 Å². The second-order valence-electron chi connectivity index (χ2n) is 16.6. The van der Waals surface area contributed by atoms with Crippen molar-refractivity contribution in [3.8, 4) is 16.9 Å². The molecule has 2 aliphatic heterocycles. The highest BCUT2D eigenvalue weighted by molar-refractivity contribution is 8.00. The Hall–Kier alpha value is -2.83. The molecule has 0 spiro atoms. The van der Waals surface area contributed by atoms with Crippen LogP contribution in [0.1, 0.15) is 82.6 Å². The SMILES string of the molecule is COc1c(CN2O[C@@H](CO)[C@H]([C@H](C)O)[C@H]2C(=O)N[C@H]2C[C@H]3C[C@@H]([C@@H]2C)C3(C)C)cccc1-c1cc(C(=O)NCCC2CCC(C)S2)cc(N(C)C)c1. The molecule has 2 aromatic rings. The van der Waals surface area contributed by atoms with Crippen LogP contribution in [-0.4, -0.2) is 96.2 Å². The number of methoxy groups -OCH3 is 1. The van der Waals surface area contributed by atoms with Crippen molar-refractivity contribution in [3.05, 3.63) is 47.5 Å². The lowest BCUT2D eigenvalue weighted by molar-refractivity contribution is -0.183. The molecule has 286 valence electrons. The predicted octanol–water partition coefficient (Wildman–Crippen LogP) is 5.49. The van der Waals surface area contributed by atoms with Gasteiger partial charge in [0.05, 0.1) is 26.4 Å². The number of nitrogens with zero attached hydrogens (tertiary/aromatic N) is 2. The minimum Gasteiger partial charge on any atom is -0.496 e. The first kappa shape index (κ1) is 38.9. The van der Waals surface area contributed by atoms with Gasteiger partial charge in [0.1, 0.15) is 17.9 Å². The minimum absolute atomic E-state index is 0.0486. The van der Waals surface area contributed by atoms with Gasteiger partial charge in [-0.15, -0.1) is 0 Å². The molecule has 10 atom stereocenters. The molecule has 0 radical (unpaired) electrons. The van der Waals surface area contributed by atoms with E-state index in [-0.39, 0.29) is 31.0 Å². The maximum Gasteiger partial charge on any atom is 0.251 e. The number of carbonyl (C=O) groups excluding carboxylic acids is 2. The third-order valence-corrected chi connectivity index (χ3v) is 14.3. The predicted molar refractivity (Wildman–Crippen MR) is 207 cm³/mol. The number of hydrogen-bond acceptors (Lipinski definition) is 9. The quantitative estimate of drug-likeness (QED) is 0.212. The molecule has 2 amide bonds. The molecule has 4 N–H and O–H groups in total. The maximum absolute atomic E-state index is 14.2. The smallest absolute Gasteiger partial charge is 0.251 e. The van der Waals surface area contributed by atoms with Crippen LogP contribution in [0.3, 0.4) is 0 Å². The van der Waals surface area contributed by atoms with E-state index in [2.05, 4.69) is 38.3 Å². The first-order valence-corrected chi connectivity index (χ1v) is 20.1. The number of hydrogen-bond donors (Lipinski definition) is 4. The largest absolute Gasteiger partial charge is 0.496 e. The summed E-state index contributed by atoms with van der Waals surface area (Å²) in [4.78, 5) is 36.0. The normalized spacial score (nSPS) is 31.5. The van der Waals surface area contributed by atoms with Crippen molar-refractivity contribution in [2.75, 3.05) is 39.3 Å². The number of thioether (sulfide) groups is 1. The summed E-state index contributed by atoms with van der Waals surface area (Å²) >= 11 is 2.02. The number of aliphatic hydroxyl groups is 2. The van der Waals surface area contributed by atoms with Gasteiger partial charge in [-0.3, -0.25) is 14.4 Å². The van der Waals surface area contributed by atoms with Crippen LogP contribution in [0.15, 0.2) is 36.4 Å². The molecule has 2 bridgehead atoms. The third-order valence-electron chi connectivity index (χ3n) is 12.8. The zero-order valence-corrected chi connectivity index (χ0v) is 33.0. The summed E-state index contributed by atoms with van der Waals surface area (Å²) in [6.45, 7) is 11.3. The van der Waals surface area contributed by atoms with E-state index < -0.39 is 24.2 Å². The average Bonchev–Trinajstić information content (AvgIpc) is 3.71. The molecule has 2 unspecified atom stereocenters. The van der Waals surface area contributed by atoms with Crippen LogP contribution in [0.2, 0.25) is 0 Å². The number of para-hydroxylation sites is 1. The van der Waals surface area contributed by atoms with E-state index in [1.165, 1.54) is 19.3 Å². The summed E-state index contributed by atoms with van der Waals surface area (Å²) in [6, 6.07) is 10.9. The van der Waals surface area contributed by atoms with E-state index in [0.29, 0.717) is 51.5 Å². The van der Waals surface area contributed by atoms with Crippen molar-refractivity contribution in [2.45, 2.75) is 108 Å². The van der Waals surface area contributed by atoms with E-state index in [9.17, 15) is 19.8 Å². The summed E-state index contributed by atoms with van der Waals surface area (Å²) in [5.41, 5.74) is 4.16. The van der Waals surface area contributed by atoms with Crippen LogP contribution in [0.25, 0.3) is 11.1 Å². The summed E-state index contributed by atoms with van der Waals surface area (Å²) in [6.07, 6.45) is 3.91. The number of carbonyl (C=O) groups is 2. The van der Waals surface area contributed by atoms with Crippen LogP contribution in [0.5, 0.6) is 5.75 Å². The number of ether oxygens (including phenoxy) is 1. The Balaban J connectivity index is 1.25. The Morgan fingerprint density at radius 3 is 2.54 bits per heavy atom. The first-order chi connectivity index (χ1) is 24.7. The third kappa shape index (κ3) is 7.71. The molecule has 2 aromatic carbocycles. The lowest BCUT2D eigenvalue weighted by Gasteiger charge is -2.62. The van der Waals surface area contributed by atoms with Crippen molar-refractivity contribution in [2.24, 2.45) is 29.1 Å². The zero-order valence-electron chi connectivity index (χ0n) is 32.2. The Bertz CT molecular complexity index is 1600. The molecule has 5 aliphatic rings. The monoisotopic (exact) mass is 736 g/mol. The molecule has 3 saturated carbocycles. The van der Waals surface area contributed by atoms with Crippen LogP contribution in [0.4, 0.5) is 5.69 Å². The molecular weight excluding hydrogens is 677 g/mol.